The number of carbonyl (C=O) groups excluding carboxylic acids is 1. The largest absolute Gasteiger partial charge is 0.476 e. The van der Waals surface area contributed by atoms with E-state index < -0.39 is 19.8 Å². The van der Waals surface area contributed by atoms with Crippen LogP contribution in [0.1, 0.15) is 0 Å². The van der Waals surface area contributed by atoms with Gasteiger partial charge >= 0.3 is 5.97 Å². The smallest absolute Gasteiger partial charge is 0.371 e. The zero-order chi connectivity index (χ0) is 8.36. The van der Waals surface area contributed by atoms with Crippen LogP contribution < -0.4 is 0 Å². The third-order valence-corrected chi connectivity index (χ3v) is 2.31. The van der Waals surface area contributed by atoms with Crippen LogP contribution >= 0.6 is 0 Å². The van der Waals surface area contributed by atoms with Crippen molar-refractivity contribution in [2.75, 3.05) is 0 Å². The predicted molar refractivity (Wildman–Crippen MR) is 40.8 cm³/mol. The predicted octanol–water partition coefficient (Wildman–Crippen LogP) is 0.978. The van der Waals surface area contributed by atoms with Gasteiger partial charge in [0.25, 0.3) is 0 Å². The van der Waals surface area contributed by atoms with E-state index in [-0.39, 0.29) is 6.04 Å². The first-order valence-corrected chi connectivity index (χ1v) is 6.80. The molecule has 0 saturated carbocycles. The van der Waals surface area contributed by atoms with Gasteiger partial charge < -0.3 is 5.11 Å². The molecule has 0 aromatic rings. The van der Waals surface area contributed by atoms with Crippen LogP contribution in [0.15, 0.2) is 0 Å². The van der Waals surface area contributed by atoms with Crippen molar-refractivity contribution in [2.45, 2.75) is 25.7 Å². The Morgan fingerprint density at radius 1 is 1.30 bits per heavy atom. The highest BCUT2D eigenvalue weighted by Gasteiger charge is 2.22. The van der Waals surface area contributed by atoms with Gasteiger partial charge in [0, 0.05) is 6.04 Å². The van der Waals surface area contributed by atoms with Crippen LogP contribution in [-0.4, -0.2) is 24.9 Å². The Hall–Kier alpha value is -0.643. The van der Waals surface area contributed by atoms with E-state index >= 15 is 0 Å². The van der Waals surface area contributed by atoms with E-state index in [2.05, 4.69) is 0 Å². The highest BCUT2D eigenvalue weighted by molar-refractivity contribution is 6.80. The Balaban J connectivity index is 3.93. The number of rotatable bonds is 3. The van der Waals surface area contributed by atoms with Crippen molar-refractivity contribution >= 4 is 19.8 Å². The molecule has 0 saturated heterocycles. The summed E-state index contributed by atoms with van der Waals surface area (Å²) in [4.78, 5) is 20.6. The molecular weight excluding hydrogens is 148 g/mol. The molecule has 0 bridgehead atoms. The number of carboxylic acids is 1. The third kappa shape index (κ3) is 4.26. The molecule has 10 heavy (non-hydrogen) atoms. The molecule has 0 amide bonds. The van der Waals surface area contributed by atoms with Gasteiger partial charge in [-0.05, 0) is 0 Å². The molecule has 0 aromatic carbocycles. The molecule has 0 radical (unpaired) electrons. The number of ketones is 1. The molecular formula is C6H12O3Si. The van der Waals surface area contributed by atoms with Gasteiger partial charge in [0.1, 0.15) is 0 Å². The van der Waals surface area contributed by atoms with Crippen molar-refractivity contribution in [3.05, 3.63) is 0 Å². The molecule has 0 atom stereocenters. The highest BCUT2D eigenvalue weighted by atomic mass is 28.3. The number of hydrogen-bond acceptors (Lipinski definition) is 2. The van der Waals surface area contributed by atoms with E-state index in [4.69, 9.17) is 5.11 Å². The van der Waals surface area contributed by atoms with Crippen LogP contribution in [0, 0.1) is 0 Å². The second kappa shape index (κ2) is 2.96. The molecule has 0 fully saturated rings. The minimum Gasteiger partial charge on any atom is -0.476 e. The summed E-state index contributed by atoms with van der Waals surface area (Å²) in [5, 5.41) is 8.22. The topological polar surface area (TPSA) is 54.4 Å². The fourth-order valence-corrected chi connectivity index (χ4v) is 1.67. The first-order valence-electron chi connectivity index (χ1n) is 3.09. The number of hydrogen-bond donors (Lipinski definition) is 1. The van der Waals surface area contributed by atoms with E-state index in [1.807, 2.05) is 19.6 Å². The van der Waals surface area contributed by atoms with E-state index in [9.17, 15) is 9.59 Å². The molecule has 0 heterocycles. The number of Topliss-reactive ketones (excluding diaryl/α,β-unsaturated/α-hetero) is 1. The lowest BCUT2D eigenvalue weighted by atomic mass is 10.5. The maximum absolute atomic E-state index is 10.6. The first kappa shape index (κ1) is 9.36. The number of carboxylic acid groups (broad SMARTS) is 1. The maximum Gasteiger partial charge on any atom is 0.371 e. The SMILES string of the molecule is C[Si](C)(C)CC(=O)C(=O)O. The Morgan fingerprint density at radius 3 is 1.80 bits per heavy atom. The van der Waals surface area contributed by atoms with E-state index in [0.717, 1.165) is 0 Å². The van der Waals surface area contributed by atoms with Crippen LogP contribution in [0.25, 0.3) is 0 Å². The lowest BCUT2D eigenvalue weighted by Crippen LogP contribution is -2.27. The van der Waals surface area contributed by atoms with Crippen molar-refractivity contribution in [2.24, 2.45) is 0 Å². The van der Waals surface area contributed by atoms with Crippen molar-refractivity contribution in [3.63, 3.8) is 0 Å². The molecule has 1 N–H and O–H groups in total. The van der Waals surface area contributed by atoms with E-state index in [1.165, 1.54) is 0 Å². The average molecular weight is 160 g/mol. The normalized spacial score (nSPS) is 11.1. The van der Waals surface area contributed by atoms with Gasteiger partial charge in [0.15, 0.2) is 0 Å². The maximum atomic E-state index is 10.6. The quantitative estimate of drug-likeness (QED) is 0.494. The summed E-state index contributed by atoms with van der Waals surface area (Å²) in [5.41, 5.74) is 0. The molecule has 0 spiro atoms. The monoisotopic (exact) mass is 160 g/mol. The zero-order valence-corrected chi connectivity index (χ0v) is 7.47. The lowest BCUT2D eigenvalue weighted by molar-refractivity contribution is -0.148. The molecule has 0 aliphatic rings. The fraction of sp³-hybridized carbons (Fsp3) is 0.667. The van der Waals surface area contributed by atoms with Gasteiger partial charge in [0.05, 0.1) is 8.07 Å². The fourth-order valence-electron chi connectivity index (χ4n) is 0.557. The van der Waals surface area contributed by atoms with E-state index in [1.54, 1.807) is 0 Å². The minimum absolute atomic E-state index is 0.238. The summed E-state index contributed by atoms with van der Waals surface area (Å²) in [6.07, 6.45) is 0. The number of aliphatic carboxylic acids is 1. The molecule has 0 aliphatic heterocycles. The van der Waals surface area contributed by atoms with Crippen molar-refractivity contribution in [1.29, 1.82) is 0 Å². The molecule has 0 unspecified atom stereocenters. The van der Waals surface area contributed by atoms with Gasteiger partial charge in [-0.2, -0.15) is 0 Å². The highest BCUT2D eigenvalue weighted by Crippen LogP contribution is 2.07. The lowest BCUT2D eigenvalue weighted by Gasteiger charge is -2.11. The van der Waals surface area contributed by atoms with Gasteiger partial charge in [0.2, 0.25) is 5.78 Å². The van der Waals surface area contributed by atoms with Crippen LogP contribution in [0.5, 0.6) is 0 Å². The van der Waals surface area contributed by atoms with Crippen molar-refractivity contribution in [3.8, 4) is 0 Å². The summed E-state index contributed by atoms with van der Waals surface area (Å²) in [5.74, 6) is -1.96. The standard InChI is InChI=1S/C6H12O3Si/c1-10(2,3)4-5(7)6(8)9/h4H2,1-3H3,(H,8,9). The molecule has 0 aromatic heterocycles. The minimum atomic E-state index is -1.51. The average Bonchev–Trinajstić information content (AvgIpc) is 1.60. The van der Waals surface area contributed by atoms with Crippen molar-refractivity contribution in [1.82, 2.24) is 0 Å². The second-order valence-corrected chi connectivity index (χ2v) is 8.94. The number of carbonyl (C=O) groups is 2. The summed E-state index contributed by atoms with van der Waals surface area (Å²) in [6, 6.07) is 0.238. The summed E-state index contributed by atoms with van der Waals surface area (Å²) < 4.78 is 0. The zero-order valence-electron chi connectivity index (χ0n) is 6.47. The van der Waals surface area contributed by atoms with Gasteiger partial charge in [-0.3, -0.25) is 4.79 Å². The van der Waals surface area contributed by atoms with Crippen LogP contribution in [0.3, 0.4) is 0 Å². The Morgan fingerprint density at radius 2 is 1.70 bits per heavy atom. The molecule has 3 nitrogen and oxygen atoms in total. The van der Waals surface area contributed by atoms with Crippen LogP contribution in [0.2, 0.25) is 25.7 Å². The molecule has 4 heteroatoms. The Kier molecular flexibility index (Phi) is 2.77. The molecule has 58 valence electrons. The first-order chi connectivity index (χ1) is 4.33. The van der Waals surface area contributed by atoms with Gasteiger partial charge in [-0.15, -0.1) is 0 Å². The van der Waals surface area contributed by atoms with Crippen LogP contribution in [-0.2, 0) is 9.59 Å². The van der Waals surface area contributed by atoms with Crippen molar-refractivity contribution < 1.29 is 14.7 Å². The third-order valence-electron chi connectivity index (χ3n) is 0.929. The Labute approximate surface area is 61.1 Å². The molecule has 0 aliphatic carbocycles. The summed E-state index contributed by atoms with van der Waals surface area (Å²) in [6.45, 7) is 5.90. The Bertz CT molecular complexity index is 157. The summed E-state index contributed by atoms with van der Waals surface area (Å²) in [7, 11) is -1.51. The van der Waals surface area contributed by atoms with Gasteiger partial charge in [-0.1, -0.05) is 19.6 Å². The van der Waals surface area contributed by atoms with Gasteiger partial charge in [-0.25, -0.2) is 4.79 Å². The molecule has 0 rings (SSSR count). The van der Waals surface area contributed by atoms with E-state index in [0.29, 0.717) is 0 Å². The second-order valence-electron chi connectivity index (χ2n) is 3.47. The summed E-state index contributed by atoms with van der Waals surface area (Å²) >= 11 is 0. The van der Waals surface area contributed by atoms with Crippen LogP contribution in [0.4, 0.5) is 0 Å².